The molecular formula is C18H25ClN2O. The van der Waals surface area contributed by atoms with Crippen LogP contribution in [0.15, 0.2) is 24.3 Å². The fourth-order valence-electron chi connectivity index (χ4n) is 3.69. The van der Waals surface area contributed by atoms with Crippen molar-refractivity contribution in [2.45, 2.75) is 56.4 Å². The Morgan fingerprint density at radius 2 is 1.95 bits per heavy atom. The fraction of sp³-hybridized carbons (Fsp3) is 0.611. The van der Waals surface area contributed by atoms with E-state index in [9.17, 15) is 4.79 Å². The van der Waals surface area contributed by atoms with E-state index in [1.807, 2.05) is 19.1 Å². The van der Waals surface area contributed by atoms with Crippen LogP contribution in [0, 0.1) is 5.92 Å². The molecule has 2 aliphatic carbocycles. The Morgan fingerprint density at radius 3 is 2.55 bits per heavy atom. The number of nitrogens with two attached hydrogens (primary N) is 1. The number of amides is 1. The molecule has 0 aliphatic heterocycles. The van der Waals surface area contributed by atoms with E-state index < -0.39 is 0 Å². The van der Waals surface area contributed by atoms with Crippen LogP contribution in [-0.4, -0.2) is 18.0 Å². The second kappa shape index (κ2) is 5.86. The first-order valence-electron chi connectivity index (χ1n) is 8.26. The van der Waals surface area contributed by atoms with Crippen molar-refractivity contribution in [3.05, 3.63) is 34.9 Å². The second-order valence-electron chi connectivity index (χ2n) is 7.31. The van der Waals surface area contributed by atoms with Crippen molar-refractivity contribution in [2.24, 2.45) is 11.7 Å². The Morgan fingerprint density at radius 1 is 1.27 bits per heavy atom. The maximum atomic E-state index is 12.6. The molecule has 0 aromatic heterocycles. The zero-order valence-corrected chi connectivity index (χ0v) is 14.0. The number of benzene rings is 1. The average molecular weight is 321 g/mol. The summed E-state index contributed by atoms with van der Waals surface area (Å²) in [5.41, 5.74) is 7.35. The standard InChI is InChI=1S/C18H25ClN2O/c1-17(20)9-3-2-4-15(17)16(22)21-12-18(10-11-18)13-5-7-14(19)8-6-13/h5-8,15H,2-4,9-12,20H2,1H3,(H,21,22). The molecule has 3 N–H and O–H groups in total. The Kier molecular flexibility index (Phi) is 4.21. The predicted octanol–water partition coefficient (Wildman–Crippen LogP) is 3.40. The minimum atomic E-state index is -0.362. The summed E-state index contributed by atoms with van der Waals surface area (Å²) >= 11 is 5.96. The van der Waals surface area contributed by atoms with Gasteiger partial charge in [-0.15, -0.1) is 0 Å². The number of halogens is 1. The number of hydrogen-bond donors (Lipinski definition) is 2. The van der Waals surface area contributed by atoms with Gasteiger partial charge in [0.15, 0.2) is 0 Å². The molecule has 0 radical (unpaired) electrons. The number of rotatable bonds is 4. The highest BCUT2D eigenvalue weighted by molar-refractivity contribution is 6.30. The van der Waals surface area contributed by atoms with Crippen molar-refractivity contribution in [3.8, 4) is 0 Å². The van der Waals surface area contributed by atoms with Gasteiger partial charge >= 0.3 is 0 Å². The first kappa shape index (κ1) is 15.8. The molecule has 4 heteroatoms. The lowest BCUT2D eigenvalue weighted by Crippen LogP contribution is -2.53. The van der Waals surface area contributed by atoms with Crippen LogP contribution < -0.4 is 11.1 Å². The summed E-state index contributed by atoms with van der Waals surface area (Å²) in [6, 6.07) is 8.01. The van der Waals surface area contributed by atoms with Gasteiger partial charge in [0, 0.05) is 22.5 Å². The molecule has 0 spiro atoms. The Hall–Kier alpha value is -1.06. The Bertz CT molecular complexity index is 549. The molecule has 120 valence electrons. The third-order valence-electron chi connectivity index (χ3n) is 5.48. The third-order valence-corrected chi connectivity index (χ3v) is 5.73. The SMILES string of the molecule is CC1(N)CCCCC1C(=O)NCC1(c2ccc(Cl)cc2)CC1. The highest BCUT2D eigenvalue weighted by Gasteiger charge is 2.45. The molecule has 1 aromatic rings. The van der Waals surface area contributed by atoms with Gasteiger partial charge in [0.2, 0.25) is 5.91 Å². The molecule has 22 heavy (non-hydrogen) atoms. The van der Waals surface area contributed by atoms with Crippen molar-refractivity contribution < 1.29 is 4.79 Å². The van der Waals surface area contributed by atoms with E-state index in [0.29, 0.717) is 6.54 Å². The molecule has 3 nitrogen and oxygen atoms in total. The van der Waals surface area contributed by atoms with Gasteiger partial charge in [0.25, 0.3) is 0 Å². The first-order valence-corrected chi connectivity index (χ1v) is 8.63. The summed E-state index contributed by atoms with van der Waals surface area (Å²) in [4.78, 5) is 12.6. The van der Waals surface area contributed by atoms with E-state index >= 15 is 0 Å². The average Bonchev–Trinajstić information content (AvgIpc) is 3.26. The molecular weight excluding hydrogens is 296 g/mol. The van der Waals surface area contributed by atoms with Crippen molar-refractivity contribution in [1.82, 2.24) is 5.32 Å². The minimum Gasteiger partial charge on any atom is -0.355 e. The van der Waals surface area contributed by atoms with E-state index in [1.54, 1.807) is 0 Å². The third kappa shape index (κ3) is 3.16. The second-order valence-corrected chi connectivity index (χ2v) is 7.75. The maximum Gasteiger partial charge on any atom is 0.224 e. The van der Waals surface area contributed by atoms with Crippen LogP contribution in [-0.2, 0) is 10.2 Å². The molecule has 0 saturated heterocycles. The normalized spacial score (nSPS) is 29.9. The zero-order chi connectivity index (χ0) is 15.8. The first-order chi connectivity index (χ1) is 10.4. The molecule has 2 fully saturated rings. The molecule has 1 amide bonds. The molecule has 0 bridgehead atoms. The Labute approximate surface area is 137 Å². The maximum absolute atomic E-state index is 12.6. The van der Waals surface area contributed by atoms with Crippen LogP contribution in [0.1, 0.15) is 51.0 Å². The van der Waals surface area contributed by atoms with Crippen LogP contribution in [0.3, 0.4) is 0 Å². The molecule has 0 heterocycles. The lowest BCUT2D eigenvalue weighted by Gasteiger charge is -2.37. The summed E-state index contributed by atoms with van der Waals surface area (Å²) in [6.07, 6.45) is 6.33. The van der Waals surface area contributed by atoms with E-state index in [4.69, 9.17) is 17.3 Å². The van der Waals surface area contributed by atoms with Crippen molar-refractivity contribution in [3.63, 3.8) is 0 Å². The zero-order valence-electron chi connectivity index (χ0n) is 13.2. The molecule has 2 saturated carbocycles. The van der Waals surface area contributed by atoms with E-state index in [0.717, 1.165) is 43.5 Å². The summed E-state index contributed by atoms with van der Waals surface area (Å²) in [7, 11) is 0. The highest BCUT2D eigenvalue weighted by Crippen LogP contribution is 2.48. The predicted molar refractivity (Wildman–Crippen MR) is 89.9 cm³/mol. The number of carbonyl (C=O) groups is 1. The van der Waals surface area contributed by atoms with Crippen LogP contribution in [0.2, 0.25) is 5.02 Å². The number of carbonyl (C=O) groups excluding carboxylic acids is 1. The molecule has 1 aromatic carbocycles. The minimum absolute atomic E-state index is 0.0535. The smallest absolute Gasteiger partial charge is 0.224 e. The van der Waals surface area contributed by atoms with Gasteiger partial charge < -0.3 is 11.1 Å². The molecule has 3 rings (SSSR count). The van der Waals surface area contributed by atoms with Crippen LogP contribution in [0.4, 0.5) is 0 Å². The van der Waals surface area contributed by atoms with Crippen molar-refractivity contribution >= 4 is 17.5 Å². The lowest BCUT2D eigenvalue weighted by atomic mass is 9.74. The van der Waals surface area contributed by atoms with Crippen molar-refractivity contribution in [1.29, 1.82) is 0 Å². The summed E-state index contributed by atoms with van der Waals surface area (Å²) in [5.74, 6) is 0.0761. The van der Waals surface area contributed by atoms with Gasteiger partial charge in [-0.05, 0) is 50.3 Å². The lowest BCUT2D eigenvalue weighted by molar-refractivity contribution is -0.128. The fourth-order valence-corrected chi connectivity index (χ4v) is 3.82. The van der Waals surface area contributed by atoms with E-state index in [1.165, 1.54) is 5.56 Å². The van der Waals surface area contributed by atoms with Crippen molar-refractivity contribution in [2.75, 3.05) is 6.54 Å². The summed E-state index contributed by atoms with van der Waals surface area (Å²) < 4.78 is 0. The van der Waals surface area contributed by atoms with Crippen LogP contribution >= 0.6 is 11.6 Å². The number of nitrogens with one attached hydrogen (secondary N) is 1. The van der Waals surface area contributed by atoms with Gasteiger partial charge in [-0.25, -0.2) is 0 Å². The Balaban J connectivity index is 1.62. The van der Waals surface area contributed by atoms with Crippen LogP contribution in [0.5, 0.6) is 0 Å². The van der Waals surface area contributed by atoms with E-state index in [-0.39, 0.29) is 22.8 Å². The number of hydrogen-bond acceptors (Lipinski definition) is 2. The topological polar surface area (TPSA) is 55.1 Å². The summed E-state index contributed by atoms with van der Waals surface area (Å²) in [5, 5.41) is 3.93. The molecule has 2 aliphatic rings. The van der Waals surface area contributed by atoms with Gasteiger partial charge in [0.05, 0.1) is 5.92 Å². The van der Waals surface area contributed by atoms with Crippen LogP contribution in [0.25, 0.3) is 0 Å². The summed E-state index contributed by atoms with van der Waals surface area (Å²) in [6.45, 7) is 2.72. The quantitative estimate of drug-likeness (QED) is 0.893. The van der Waals surface area contributed by atoms with Gasteiger partial charge in [0.1, 0.15) is 0 Å². The largest absolute Gasteiger partial charge is 0.355 e. The van der Waals surface area contributed by atoms with Gasteiger partial charge in [-0.2, -0.15) is 0 Å². The monoisotopic (exact) mass is 320 g/mol. The molecule has 2 atom stereocenters. The highest BCUT2D eigenvalue weighted by atomic mass is 35.5. The van der Waals surface area contributed by atoms with Gasteiger partial charge in [-0.1, -0.05) is 36.6 Å². The van der Waals surface area contributed by atoms with Gasteiger partial charge in [-0.3, -0.25) is 4.79 Å². The molecule has 2 unspecified atom stereocenters. The van der Waals surface area contributed by atoms with E-state index in [2.05, 4.69) is 17.4 Å².